The van der Waals surface area contributed by atoms with Gasteiger partial charge in [0.1, 0.15) is 5.75 Å². The molecule has 1 nitrogen and oxygen atoms in total. The molecule has 21 heavy (non-hydrogen) atoms. The minimum absolute atomic E-state index is 0.533. The van der Waals surface area contributed by atoms with Crippen molar-refractivity contribution in [2.45, 2.75) is 53.9 Å². The maximum atomic E-state index is 10.8. The van der Waals surface area contributed by atoms with E-state index < -0.39 is 0 Å². The third-order valence-corrected chi connectivity index (χ3v) is 4.01. The van der Waals surface area contributed by atoms with Crippen molar-refractivity contribution in [3.63, 3.8) is 0 Å². The highest BCUT2D eigenvalue weighted by atomic mass is 16.3. The van der Waals surface area contributed by atoms with Crippen molar-refractivity contribution in [2.75, 3.05) is 0 Å². The molecule has 1 aliphatic rings. The molecule has 0 heterocycles. The molecule has 114 valence electrons. The second-order valence-electron chi connectivity index (χ2n) is 7.07. The van der Waals surface area contributed by atoms with Gasteiger partial charge in [-0.1, -0.05) is 52.0 Å². The second-order valence-corrected chi connectivity index (χ2v) is 7.07. The number of benzene rings is 1. The van der Waals surface area contributed by atoms with E-state index in [-0.39, 0.29) is 0 Å². The Morgan fingerprint density at radius 1 is 1.10 bits per heavy atom. The van der Waals surface area contributed by atoms with Crippen molar-refractivity contribution in [1.82, 2.24) is 0 Å². The fraction of sp³-hybridized carbons (Fsp3) is 0.500. The second kappa shape index (κ2) is 6.51. The fourth-order valence-corrected chi connectivity index (χ4v) is 3.23. The van der Waals surface area contributed by atoms with Gasteiger partial charge in [0.2, 0.25) is 0 Å². The van der Waals surface area contributed by atoms with Crippen LogP contribution in [0.15, 0.2) is 24.3 Å². The van der Waals surface area contributed by atoms with Crippen LogP contribution in [0.3, 0.4) is 0 Å². The Hall–Kier alpha value is -1.50. The van der Waals surface area contributed by atoms with Gasteiger partial charge in [-0.25, -0.2) is 0 Å². The van der Waals surface area contributed by atoms with E-state index in [9.17, 15) is 5.11 Å². The molecule has 1 heteroatoms. The van der Waals surface area contributed by atoms with Crippen LogP contribution >= 0.6 is 0 Å². The van der Waals surface area contributed by atoms with Gasteiger partial charge in [0, 0.05) is 5.56 Å². The maximum absolute atomic E-state index is 10.8. The van der Waals surface area contributed by atoms with Crippen molar-refractivity contribution in [1.29, 1.82) is 0 Å². The Labute approximate surface area is 129 Å². The van der Waals surface area contributed by atoms with Crippen LogP contribution in [0.4, 0.5) is 0 Å². The Morgan fingerprint density at radius 2 is 1.76 bits per heavy atom. The van der Waals surface area contributed by atoms with Gasteiger partial charge in [-0.3, -0.25) is 0 Å². The number of phenolic OH excluding ortho intramolecular Hbond substituents is 1. The summed E-state index contributed by atoms with van der Waals surface area (Å²) < 4.78 is 0. The van der Waals surface area contributed by atoms with Crippen LogP contribution in [0.2, 0.25) is 0 Å². The zero-order chi connectivity index (χ0) is 15.6. The zero-order valence-corrected chi connectivity index (χ0v) is 14.0. The van der Waals surface area contributed by atoms with Gasteiger partial charge < -0.3 is 5.11 Å². The Balaban J connectivity index is 2.55. The van der Waals surface area contributed by atoms with Crippen LogP contribution < -0.4 is 0 Å². The number of hydrogen-bond acceptors (Lipinski definition) is 1. The predicted octanol–water partition coefficient (Wildman–Crippen LogP) is 5.44. The van der Waals surface area contributed by atoms with E-state index >= 15 is 0 Å². The normalized spacial score (nSPS) is 14.3. The molecule has 1 aromatic carbocycles. The zero-order valence-electron chi connectivity index (χ0n) is 14.0. The predicted molar refractivity (Wildman–Crippen MR) is 91.7 cm³/mol. The van der Waals surface area contributed by atoms with Gasteiger partial charge in [-0.05, 0) is 60.3 Å². The lowest BCUT2D eigenvalue weighted by molar-refractivity contribution is 0.449. The molecule has 1 aromatic rings. The van der Waals surface area contributed by atoms with Crippen LogP contribution in [0.5, 0.6) is 5.75 Å². The molecule has 2 rings (SSSR count). The molecule has 0 spiro atoms. The van der Waals surface area contributed by atoms with Crippen molar-refractivity contribution < 1.29 is 5.11 Å². The standard InChI is InChI=1S/C20H28O/c1-13(2)10-17-12-15(5)19(16-8-6-7-9-16)18(20(17)21)11-14(3)4/h6-8,12-14,21H,9-11H2,1-5H3. The van der Waals surface area contributed by atoms with Crippen molar-refractivity contribution in [3.05, 3.63) is 46.5 Å². The van der Waals surface area contributed by atoms with Crippen LogP contribution in [-0.4, -0.2) is 5.11 Å². The highest BCUT2D eigenvalue weighted by Gasteiger charge is 2.20. The highest BCUT2D eigenvalue weighted by Crippen LogP contribution is 2.38. The van der Waals surface area contributed by atoms with E-state index in [1.807, 2.05) is 0 Å². The molecule has 0 saturated heterocycles. The summed E-state index contributed by atoms with van der Waals surface area (Å²) in [7, 11) is 0. The fourth-order valence-electron chi connectivity index (χ4n) is 3.23. The molecule has 0 radical (unpaired) electrons. The number of aryl methyl sites for hydroxylation is 1. The van der Waals surface area contributed by atoms with E-state index in [0.29, 0.717) is 17.6 Å². The third kappa shape index (κ3) is 3.58. The molecule has 0 fully saturated rings. The molecule has 1 aliphatic carbocycles. The van der Waals surface area contributed by atoms with E-state index in [2.05, 4.69) is 58.9 Å². The van der Waals surface area contributed by atoms with Gasteiger partial charge in [-0.2, -0.15) is 0 Å². The molecular weight excluding hydrogens is 256 g/mol. The molecule has 1 N–H and O–H groups in total. The minimum atomic E-state index is 0.533. The molecule has 0 atom stereocenters. The first kappa shape index (κ1) is 15.9. The van der Waals surface area contributed by atoms with Gasteiger partial charge in [0.05, 0.1) is 0 Å². The van der Waals surface area contributed by atoms with Crippen molar-refractivity contribution >= 4 is 5.57 Å². The molecule has 0 aliphatic heterocycles. The lowest BCUT2D eigenvalue weighted by Gasteiger charge is -2.21. The van der Waals surface area contributed by atoms with E-state index in [4.69, 9.17) is 0 Å². The first-order chi connectivity index (χ1) is 9.90. The van der Waals surface area contributed by atoms with Crippen LogP contribution in [0.1, 0.15) is 56.4 Å². The van der Waals surface area contributed by atoms with Crippen LogP contribution in [-0.2, 0) is 12.8 Å². The summed E-state index contributed by atoms with van der Waals surface area (Å²) >= 11 is 0. The lowest BCUT2D eigenvalue weighted by Crippen LogP contribution is -2.06. The summed E-state index contributed by atoms with van der Waals surface area (Å²) in [6.07, 6.45) is 9.35. The smallest absolute Gasteiger partial charge is 0.122 e. The summed E-state index contributed by atoms with van der Waals surface area (Å²) in [4.78, 5) is 0. The van der Waals surface area contributed by atoms with Crippen LogP contribution in [0, 0.1) is 18.8 Å². The van der Waals surface area contributed by atoms with Gasteiger partial charge >= 0.3 is 0 Å². The summed E-state index contributed by atoms with van der Waals surface area (Å²) in [6, 6.07) is 2.19. The number of phenols is 1. The van der Waals surface area contributed by atoms with Gasteiger partial charge in [0.15, 0.2) is 0 Å². The first-order valence-corrected chi connectivity index (χ1v) is 8.10. The first-order valence-electron chi connectivity index (χ1n) is 8.10. The SMILES string of the molecule is Cc1cc(CC(C)C)c(O)c(CC(C)C)c1C1=CC=CC1. The van der Waals surface area contributed by atoms with E-state index in [1.165, 1.54) is 16.7 Å². The molecule has 0 saturated carbocycles. The minimum Gasteiger partial charge on any atom is -0.507 e. The Morgan fingerprint density at radius 3 is 2.29 bits per heavy atom. The molecule has 0 amide bonds. The summed E-state index contributed by atoms with van der Waals surface area (Å²) in [5.41, 5.74) is 6.17. The maximum Gasteiger partial charge on any atom is 0.122 e. The van der Waals surface area contributed by atoms with Gasteiger partial charge in [-0.15, -0.1) is 0 Å². The topological polar surface area (TPSA) is 20.2 Å². The number of hydrogen-bond donors (Lipinski definition) is 1. The lowest BCUT2D eigenvalue weighted by atomic mass is 9.85. The molecule has 0 aromatic heterocycles. The molecule has 0 bridgehead atoms. The monoisotopic (exact) mass is 284 g/mol. The van der Waals surface area contributed by atoms with E-state index in [1.54, 1.807) is 0 Å². The summed E-state index contributed by atoms with van der Waals surface area (Å²) in [5, 5.41) is 10.8. The Bertz CT molecular complexity index is 574. The number of allylic oxidation sites excluding steroid dienone is 4. The summed E-state index contributed by atoms with van der Waals surface area (Å²) in [6.45, 7) is 11.0. The van der Waals surface area contributed by atoms with Crippen molar-refractivity contribution in [2.24, 2.45) is 11.8 Å². The Kier molecular flexibility index (Phi) is 4.92. The van der Waals surface area contributed by atoms with Crippen molar-refractivity contribution in [3.8, 4) is 5.75 Å². The van der Waals surface area contributed by atoms with Gasteiger partial charge in [0.25, 0.3) is 0 Å². The van der Waals surface area contributed by atoms with Crippen LogP contribution in [0.25, 0.3) is 5.57 Å². The molecular formula is C20H28O. The number of aromatic hydroxyl groups is 1. The summed E-state index contributed by atoms with van der Waals surface area (Å²) in [5.74, 6) is 1.63. The van der Waals surface area contributed by atoms with E-state index in [0.717, 1.165) is 30.4 Å². The average Bonchev–Trinajstić information content (AvgIpc) is 2.87. The third-order valence-electron chi connectivity index (χ3n) is 4.01. The highest BCUT2D eigenvalue weighted by molar-refractivity contribution is 5.77. The largest absolute Gasteiger partial charge is 0.507 e. The average molecular weight is 284 g/mol. The molecule has 0 unspecified atom stereocenters. The number of rotatable bonds is 5. The quantitative estimate of drug-likeness (QED) is 0.763.